The maximum atomic E-state index is 6.56. The first-order valence-electron chi connectivity index (χ1n) is 12.6. The van der Waals surface area contributed by atoms with Crippen LogP contribution in [0.15, 0.2) is 66.7 Å². The molecule has 5 rings (SSSR count). The topological polar surface area (TPSA) is 50.3 Å². The lowest BCUT2D eigenvalue weighted by molar-refractivity contribution is 0.265. The van der Waals surface area contributed by atoms with Crippen LogP contribution in [0, 0.1) is 0 Å². The second-order valence-electron chi connectivity index (χ2n) is 9.22. The molecule has 5 aromatic rings. The summed E-state index contributed by atoms with van der Waals surface area (Å²) in [4.78, 5) is 11.9. The standard InChI is InChI=1S/C30H30Cl2N4O/c1-3-14-36(19-21-16-20-7-4-5-8-26(20)35-30(21)32)15-6-13-33-29-24-11-9-22(31)17-28(24)34-27-12-10-23(37-2)18-25(27)29/h4-5,7-12,16-18H,3,6,13-15,19H2,1-2H3,(H,33,34). The van der Waals surface area contributed by atoms with Gasteiger partial charge in [0, 0.05) is 46.4 Å². The van der Waals surface area contributed by atoms with Gasteiger partial charge in [-0.3, -0.25) is 4.90 Å². The number of anilines is 1. The van der Waals surface area contributed by atoms with E-state index in [1.54, 1.807) is 7.11 Å². The van der Waals surface area contributed by atoms with Crippen LogP contribution in [0.4, 0.5) is 5.69 Å². The van der Waals surface area contributed by atoms with Gasteiger partial charge in [0.05, 0.1) is 29.3 Å². The van der Waals surface area contributed by atoms with Crippen LogP contribution >= 0.6 is 23.2 Å². The Kier molecular flexibility index (Phi) is 7.94. The number of rotatable bonds is 10. The van der Waals surface area contributed by atoms with Crippen molar-refractivity contribution in [3.63, 3.8) is 0 Å². The average Bonchev–Trinajstić information content (AvgIpc) is 2.90. The Morgan fingerprint density at radius 2 is 1.73 bits per heavy atom. The van der Waals surface area contributed by atoms with Gasteiger partial charge in [-0.25, -0.2) is 9.97 Å². The first-order valence-corrected chi connectivity index (χ1v) is 13.4. The molecular weight excluding hydrogens is 503 g/mol. The predicted octanol–water partition coefficient (Wildman–Crippen LogP) is 7.97. The molecule has 0 aliphatic rings. The molecule has 0 saturated carbocycles. The van der Waals surface area contributed by atoms with E-state index in [4.69, 9.17) is 32.9 Å². The zero-order valence-electron chi connectivity index (χ0n) is 21.1. The molecule has 0 aliphatic carbocycles. The summed E-state index contributed by atoms with van der Waals surface area (Å²) in [5.74, 6) is 0.806. The Morgan fingerprint density at radius 1 is 0.865 bits per heavy atom. The van der Waals surface area contributed by atoms with Gasteiger partial charge in [-0.1, -0.05) is 48.3 Å². The van der Waals surface area contributed by atoms with Gasteiger partial charge < -0.3 is 10.1 Å². The molecule has 0 aliphatic heterocycles. The summed E-state index contributed by atoms with van der Waals surface area (Å²) in [6.45, 7) is 5.75. The molecule has 0 atom stereocenters. The highest BCUT2D eigenvalue weighted by molar-refractivity contribution is 6.31. The number of nitrogens with zero attached hydrogens (tertiary/aromatic N) is 3. The van der Waals surface area contributed by atoms with Gasteiger partial charge in [0.25, 0.3) is 0 Å². The van der Waals surface area contributed by atoms with E-state index in [1.807, 2.05) is 54.6 Å². The number of pyridine rings is 2. The van der Waals surface area contributed by atoms with Crippen LogP contribution < -0.4 is 10.1 Å². The molecular formula is C30H30Cl2N4O. The maximum Gasteiger partial charge on any atom is 0.134 e. The zero-order chi connectivity index (χ0) is 25.8. The summed E-state index contributed by atoms with van der Waals surface area (Å²) in [6.07, 6.45) is 2.05. The van der Waals surface area contributed by atoms with E-state index < -0.39 is 0 Å². The minimum atomic E-state index is 0.584. The number of ether oxygens (including phenoxy) is 1. The maximum absolute atomic E-state index is 6.56. The van der Waals surface area contributed by atoms with E-state index in [2.05, 4.69) is 34.3 Å². The van der Waals surface area contributed by atoms with Crippen LogP contribution in [-0.2, 0) is 6.54 Å². The van der Waals surface area contributed by atoms with Gasteiger partial charge in [-0.2, -0.15) is 0 Å². The summed E-state index contributed by atoms with van der Waals surface area (Å²) >= 11 is 12.8. The summed E-state index contributed by atoms with van der Waals surface area (Å²) in [7, 11) is 1.68. The number of methoxy groups -OCH3 is 1. The number of benzene rings is 3. The fraction of sp³-hybridized carbons (Fsp3) is 0.267. The van der Waals surface area contributed by atoms with Crippen LogP contribution in [0.3, 0.4) is 0 Å². The molecule has 190 valence electrons. The summed E-state index contributed by atoms with van der Waals surface area (Å²) in [5.41, 5.74) is 4.83. The van der Waals surface area contributed by atoms with Crippen LogP contribution in [0.5, 0.6) is 5.75 Å². The SMILES string of the molecule is CCCN(CCCNc1c2ccc(Cl)cc2nc2ccc(OC)cc12)Cc1cc2ccccc2nc1Cl. The van der Waals surface area contributed by atoms with Crippen LogP contribution in [0.2, 0.25) is 10.2 Å². The third kappa shape index (κ3) is 5.74. The van der Waals surface area contributed by atoms with Crippen molar-refractivity contribution < 1.29 is 4.74 Å². The van der Waals surface area contributed by atoms with E-state index in [0.717, 1.165) is 88.7 Å². The van der Waals surface area contributed by atoms with Crippen molar-refractivity contribution in [3.8, 4) is 5.75 Å². The number of hydrogen-bond acceptors (Lipinski definition) is 5. The second kappa shape index (κ2) is 11.5. The van der Waals surface area contributed by atoms with Gasteiger partial charge in [-0.05, 0) is 67.9 Å². The molecule has 0 radical (unpaired) electrons. The summed E-state index contributed by atoms with van der Waals surface area (Å²) in [5, 5.41) is 8.15. The van der Waals surface area contributed by atoms with Crippen molar-refractivity contribution in [2.45, 2.75) is 26.3 Å². The molecule has 3 aromatic carbocycles. The molecule has 0 saturated heterocycles. The molecule has 5 nitrogen and oxygen atoms in total. The number of fused-ring (bicyclic) bond motifs is 3. The number of aromatic nitrogens is 2. The Balaban J connectivity index is 1.33. The Morgan fingerprint density at radius 3 is 2.57 bits per heavy atom. The summed E-state index contributed by atoms with van der Waals surface area (Å²) < 4.78 is 5.49. The quantitative estimate of drug-likeness (QED) is 0.112. The Labute approximate surface area is 227 Å². The largest absolute Gasteiger partial charge is 0.497 e. The molecule has 2 aromatic heterocycles. The monoisotopic (exact) mass is 532 g/mol. The van der Waals surface area contributed by atoms with Gasteiger partial charge in [0.15, 0.2) is 0 Å². The van der Waals surface area contributed by atoms with Gasteiger partial charge in [-0.15, -0.1) is 0 Å². The van der Waals surface area contributed by atoms with Gasteiger partial charge >= 0.3 is 0 Å². The molecule has 0 spiro atoms. The van der Waals surface area contributed by atoms with Crippen molar-refractivity contribution >= 4 is 61.6 Å². The summed E-state index contributed by atoms with van der Waals surface area (Å²) in [6, 6.07) is 22.1. The zero-order valence-corrected chi connectivity index (χ0v) is 22.6. The lowest BCUT2D eigenvalue weighted by atomic mass is 10.1. The third-order valence-electron chi connectivity index (χ3n) is 6.58. The van der Waals surface area contributed by atoms with Crippen molar-refractivity contribution in [1.29, 1.82) is 0 Å². The van der Waals surface area contributed by atoms with Crippen LogP contribution in [0.1, 0.15) is 25.3 Å². The number of nitrogens with one attached hydrogen (secondary N) is 1. The average molecular weight is 534 g/mol. The van der Waals surface area contributed by atoms with Gasteiger partial charge in [0.1, 0.15) is 10.9 Å². The fourth-order valence-electron chi connectivity index (χ4n) is 4.80. The highest BCUT2D eigenvalue weighted by atomic mass is 35.5. The van der Waals surface area contributed by atoms with Crippen LogP contribution in [-0.4, -0.2) is 41.6 Å². The molecule has 37 heavy (non-hydrogen) atoms. The van der Waals surface area contributed by atoms with E-state index in [9.17, 15) is 0 Å². The highest BCUT2D eigenvalue weighted by Gasteiger charge is 2.13. The number of para-hydroxylation sites is 1. The molecule has 7 heteroatoms. The van der Waals surface area contributed by atoms with E-state index in [-0.39, 0.29) is 0 Å². The molecule has 1 N–H and O–H groups in total. The van der Waals surface area contributed by atoms with Gasteiger partial charge in [0.2, 0.25) is 0 Å². The predicted molar refractivity (Wildman–Crippen MR) is 156 cm³/mol. The van der Waals surface area contributed by atoms with Crippen molar-refractivity contribution in [1.82, 2.24) is 14.9 Å². The Hall–Kier alpha value is -3.12. The highest BCUT2D eigenvalue weighted by Crippen LogP contribution is 2.34. The normalized spacial score (nSPS) is 11.6. The second-order valence-corrected chi connectivity index (χ2v) is 10.0. The Bertz CT molecular complexity index is 1560. The lowest BCUT2D eigenvalue weighted by Crippen LogP contribution is -2.27. The minimum absolute atomic E-state index is 0.584. The number of hydrogen-bond donors (Lipinski definition) is 1. The first kappa shape index (κ1) is 25.5. The molecule has 0 unspecified atom stereocenters. The molecule has 2 heterocycles. The number of halogens is 2. The molecule has 0 bridgehead atoms. The minimum Gasteiger partial charge on any atom is -0.497 e. The molecule has 0 fully saturated rings. The smallest absolute Gasteiger partial charge is 0.134 e. The fourth-order valence-corrected chi connectivity index (χ4v) is 5.18. The first-order chi connectivity index (χ1) is 18.1. The van der Waals surface area contributed by atoms with E-state index >= 15 is 0 Å². The van der Waals surface area contributed by atoms with Crippen molar-refractivity contribution in [2.75, 3.05) is 32.1 Å². The van der Waals surface area contributed by atoms with E-state index in [0.29, 0.717) is 10.2 Å². The van der Waals surface area contributed by atoms with Crippen molar-refractivity contribution in [2.24, 2.45) is 0 Å². The third-order valence-corrected chi connectivity index (χ3v) is 7.14. The lowest BCUT2D eigenvalue weighted by Gasteiger charge is -2.23. The van der Waals surface area contributed by atoms with Crippen LogP contribution in [0.25, 0.3) is 32.7 Å². The van der Waals surface area contributed by atoms with E-state index in [1.165, 1.54) is 0 Å². The molecule has 0 amide bonds. The van der Waals surface area contributed by atoms with Crippen molar-refractivity contribution in [3.05, 3.63) is 82.5 Å².